The van der Waals surface area contributed by atoms with Gasteiger partial charge in [0.1, 0.15) is 22.1 Å². The number of aryl methyl sites for hydroxylation is 1. The summed E-state index contributed by atoms with van der Waals surface area (Å²) in [6.07, 6.45) is 7.28. The molecule has 1 aromatic carbocycles. The first-order valence-electron chi connectivity index (χ1n) is 13.8. The number of carbonyl (C=O) groups excluding carboxylic acids is 1. The van der Waals surface area contributed by atoms with Crippen molar-refractivity contribution in [3.05, 3.63) is 58.5 Å². The van der Waals surface area contributed by atoms with E-state index < -0.39 is 22.2 Å². The Labute approximate surface area is 232 Å². The summed E-state index contributed by atoms with van der Waals surface area (Å²) in [5, 5.41) is 3.45. The third-order valence-electron chi connectivity index (χ3n) is 7.85. The van der Waals surface area contributed by atoms with Crippen LogP contribution < -0.4 is 11.1 Å². The molecule has 0 amide bonds. The molecule has 1 aromatic heterocycles. The number of anilines is 1. The van der Waals surface area contributed by atoms with Crippen LogP contribution in [0.2, 0.25) is 0 Å². The van der Waals surface area contributed by atoms with E-state index in [0.717, 1.165) is 67.6 Å². The van der Waals surface area contributed by atoms with Crippen LogP contribution in [0.4, 0.5) is 10.2 Å². The van der Waals surface area contributed by atoms with Crippen molar-refractivity contribution >= 4 is 27.7 Å². The molecule has 4 aliphatic rings. The van der Waals surface area contributed by atoms with Crippen molar-refractivity contribution in [1.29, 1.82) is 0 Å². The average Bonchev–Trinajstić information content (AvgIpc) is 3.45. The lowest BCUT2D eigenvalue weighted by Crippen LogP contribution is -2.47. The van der Waals surface area contributed by atoms with Crippen LogP contribution in [0.3, 0.4) is 0 Å². The number of esters is 1. The molecular formula is C29H37BrFN3O4. The topological polar surface area (TPSA) is 95.7 Å². The van der Waals surface area contributed by atoms with Gasteiger partial charge >= 0.3 is 5.97 Å². The Kier molecular flexibility index (Phi) is 8.98. The van der Waals surface area contributed by atoms with Gasteiger partial charge in [-0.1, -0.05) is 28.1 Å². The quantitative estimate of drug-likeness (QED) is 0.360. The van der Waals surface area contributed by atoms with E-state index in [1.165, 1.54) is 12.1 Å². The number of benzene rings is 1. The van der Waals surface area contributed by atoms with Crippen LogP contribution in [-0.4, -0.2) is 49.0 Å². The van der Waals surface area contributed by atoms with Gasteiger partial charge < -0.3 is 25.3 Å². The highest BCUT2D eigenvalue weighted by Crippen LogP contribution is 2.39. The molecule has 3 unspecified atom stereocenters. The monoisotopic (exact) mass is 589 g/mol. The Bertz CT molecular complexity index is 1130. The van der Waals surface area contributed by atoms with Crippen molar-refractivity contribution in [3.8, 4) is 0 Å². The fourth-order valence-electron chi connectivity index (χ4n) is 5.77. The molecule has 2 aromatic rings. The van der Waals surface area contributed by atoms with E-state index in [2.05, 4.69) is 33.4 Å². The first kappa shape index (κ1) is 27.5. The van der Waals surface area contributed by atoms with Crippen molar-refractivity contribution < 1.29 is 23.4 Å². The second-order valence-electron chi connectivity index (χ2n) is 10.7. The van der Waals surface area contributed by atoms with Crippen LogP contribution in [0, 0.1) is 5.82 Å². The van der Waals surface area contributed by atoms with Gasteiger partial charge in [0, 0.05) is 31.9 Å². The summed E-state index contributed by atoms with van der Waals surface area (Å²) in [5.74, 6) is 0.0320. The number of nitrogens with two attached hydrogens (primary N) is 1. The summed E-state index contributed by atoms with van der Waals surface area (Å²) in [4.78, 5) is 17.7. The Morgan fingerprint density at radius 1 is 1.18 bits per heavy atom. The molecule has 7 nitrogen and oxygen atoms in total. The molecule has 1 saturated heterocycles. The Morgan fingerprint density at radius 3 is 2.87 bits per heavy atom. The second kappa shape index (κ2) is 12.4. The van der Waals surface area contributed by atoms with Crippen LogP contribution >= 0.6 is 15.9 Å². The van der Waals surface area contributed by atoms with Gasteiger partial charge in [-0.2, -0.15) is 0 Å². The molecular weight excluding hydrogens is 553 g/mol. The number of fused-ring (bicyclic) bond motifs is 10. The molecule has 38 heavy (non-hydrogen) atoms. The zero-order chi connectivity index (χ0) is 26.5. The van der Waals surface area contributed by atoms with E-state index >= 15 is 0 Å². The van der Waals surface area contributed by atoms with E-state index in [1.807, 2.05) is 0 Å². The zero-order valence-electron chi connectivity index (χ0n) is 21.7. The van der Waals surface area contributed by atoms with Crippen LogP contribution in [-0.2, 0) is 31.8 Å². The predicted molar refractivity (Wildman–Crippen MR) is 147 cm³/mol. The maximum absolute atomic E-state index is 14.3. The lowest BCUT2D eigenvalue weighted by atomic mass is 9.85. The normalized spacial score (nSPS) is 26.8. The highest BCUT2D eigenvalue weighted by atomic mass is 79.9. The zero-order valence-corrected chi connectivity index (χ0v) is 23.3. The fourth-order valence-corrected chi connectivity index (χ4v) is 6.26. The minimum absolute atomic E-state index is 0.0171. The number of rotatable bonds is 5. The number of nitrogens with one attached hydrogen (secondary N) is 1. The molecule has 4 atom stereocenters. The minimum atomic E-state index is -0.814. The minimum Gasteiger partial charge on any atom is -0.456 e. The van der Waals surface area contributed by atoms with E-state index in [4.69, 9.17) is 24.9 Å². The number of hydrogen-bond acceptors (Lipinski definition) is 7. The van der Waals surface area contributed by atoms with Crippen molar-refractivity contribution in [1.82, 2.24) is 4.98 Å². The lowest BCUT2D eigenvalue weighted by Gasteiger charge is -2.39. The Morgan fingerprint density at radius 2 is 2.05 bits per heavy atom. The van der Waals surface area contributed by atoms with E-state index in [-0.39, 0.29) is 12.2 Å². The first-order chi connectivity index (χ1) is 18.5. The average molecular weight is 591 g/mol. The maximum atomic E-state index is 14.3. The number of halogens is 2. The number of hydrogen-bond donors (Lipinski definition) is 2. The van der Waals surface area contributed by atoms with Crippen molar-refractivity contribution in [2.24, 2.45) is 5.73 Å². The lowest BCUT2D eigenvalue weighted by molar-refractivity contribution is -0.159. The van der Waals surface area contributed by atoms with E-state index in [9.17, 15) is 9.18 Å². The highest BCUT2D eigenvalue weighted by molar-refractivity contribution is 9.09. The first-order valence-corrected chi connectivity index (χ1v) is 14.7. The summed E-state index contributed by atoms with van der Waals surface area (Å²) in [6.45, 7) is 2.26. The SMILES string of the molecule is NC[C@H]1CCCC2(OC(=O)C(Br)c3cc(F)ccc3C3CCCO3)CNc3nc(ccc3C2)CCCCO1. The van der Waals surface area contributed by atoms with Crippen molar-refractivity contribution in [3.63, 3.8) is 0 Å². The molecule has 4 bridgehead atoms. The third-order valence-corrected chi connectivity index (χ3v) is 8.72. The summed E-state index contributed by atoms with van der Waals surface area (Å²) < 4.78 is 32.5. The molecule has 3 N–H and O–H groups in total. The number of alkyl halides is 1. The van der Waals surface area contributed by atoms with Crippen molar-refractivity contribution in [2.75, 3.05) is 31.6 Å². The predicted octanol–water partition coefficient (Wildman–Crippen LogP) is 5.31. The number of nitrogens with zero attached hydrogens (tertiary/aromatic N) is 1. The molecule has 4 aliphatic heterocycles. The van der Waals surface area contributed by atoms with Gasteiger partial charge in [-0.25, -0.2) is 9.37 Å². The molecule has 6 rings (SSSR count). The Hall–Kier alpha value is -2.07. The molecule has 5 heterocycles. The fraction of sp³-hybridized carbons (Fsp3) is 0.586. The smallest absolute Gasteiger partial charge is 0.324 e. The number of ether oxygens (including phenoxy) is 3. The van der Waals surface area contributed by atoms with Crippen LogP contribution in [0.1, 0.15) is 78.3 Å². The van der Waals surface area contributed by atoms with Gasteiger partial charge in [-0.15, -0.1) is 0 Å². The molecule has 1 fully saturated rings. The summed E-state index contributed by atoms with van der Waals surface area (Å²) in [7, 11) is 0. The molecule has 0 spiro atoms. The van der Waals surface area contributed by atoms with Gasteiger partial charge in [0.2, 0.25) is 0 Å². The van der Waals surface area contributed by atoms with Gasteiger partial charge in [0.15, 0.2) is 0 Å². The molecule has 0 saturated carbocycles. The van der Waals surface area contributed by atoms with Gasteiger partial charge in [0.25, 0.3) is 0 Å². The van der Waals surface area contributed by atoms with Crippen LogP contribution in [0.5, 0.6) is 0 Å². The van der Waals surface area contributed by atoms with Crippen molar-refractivity contribution in [2.45, 2.75) is 80.4 Å². The molecule has 206 valence electrons. The summed E-state index contributed by atoms with van der Waals surface area (Å²) in [5.41, 5.74) is 8.68. The molecule has 9 heteroatoms. The van der Waals surface area contributed by atoms with Crippen LogP contribution in [0.15, 0.2) is 30.3 Å². The van der Waals surface area contributed by atoms with Crippen LogP contribution in [0.25, 0.3) is 0 Å². The molecule has 0 aliphatic carbocycles. The van der Waals surface area contributed by atoms with Gasteiger partial charge in [0.05, 0.1) is 18.8 Å². The number of pyridine rings is 1. The standard InChI is InChI=1S/C29H37BrFN3O4/c30-26(24-15-20(31)9-11-23(24)25-7-4-14-37-25)28(35)38-29-12-3-6-22(17-32)36-13-2-1-5-21-10-8-19(16-29)27(34-21)33-18-29/h8-11,15,22,25-26H,1-7,12-14,16-18,32H2,(H,33,34)/t22-,25?,26?,29?/m1/s1. The number of carbonyl (C=O) groups is 1. The Balaban J connectivity index is 1.39. The molecule has 0 radical (unpaired) electrons. The summed E-state index contributed by atoms with van der Waals surface area (Å²) >= 11 is 3.55. The number of aromatic nitrogens is 1. The third kappa shape index (κ3) is 6.38. The summed E-state index contributed by atoms with van der Waals surface area (Å²) in [6, 6.07) is 8.71. The van der Waals surface area contributed by atoms with E-state index in [1.54, 1.807) is 6.07 Å². The second-order valence-corrected chi connectivity index (χ2v) is 11.6. The highest BCUT2D eigenvalue weighted by Gasteiger charge is 2.41. The largest absolute Gasteiger partial charge is 0.456 e. The maximum Gasteiger partial charge on any atom is 0.324 e. The van der Waals surface area contributed by atoms with Gasteiger partial charge in [-0.05, 0) is 86.3 Å². The van der Waals surface area contributed by atoms with E-state index in [0.29, 0.717) is 44.7 Å². The van der Waals surface area contributed by atoms with Gasteiger partial charge in [-0.3, -0.25) is 4.79 Å².